The van der Waals surface area contributed by atoms with Crippen LogP contribution in [0.25, 0.3) is 0 Å². The monoisotopic (exact) mass is 397 g/mol. The second-order valence-electron chi connectivity index (χ2n) is 9.37. The third-order valence-electron chi connectivity index (χ3n) is 6.40. The molecule has 0 bridgehead atoms. The molecule has 2 saturated carbocycles. The largest absolute Gasteiger partial charge is 0.348 e. The summed E-state index contributed by atoms with van der Waals surface area (Å²) in [4.78, 5) is 39.3. The van der Waals surface area contributed by atoms with Crippen LogP contribution in [0.3, 0.4) is 0 Å². The molecular formula is C23H31N3O3. The van der Waals surface area contributed by atoms with E-state index in [0.29, 0.717) is 5.92 Å². The topological polar surface area (TPSA) is 78.5 Å². The fourth-order valence-electron chi connectivity index (χ4n) is 4.65. The first-order valence-corrected chi connectivity index (χ1v) is 10.8. The van der Waals surface area contributed by atoms with Gasteiger partial charge in [0.25, 0.3) is 5.91 Å². The Morgan fingerprint density at radius 2 is 1.69 bits per heavy atom. The maximum Gasteiger partial charge on any atom is 0.325 e. The summed E-state index contributed by atoms with van der Waals surface area (Å²) in [6, 6.07) is 7.63. The van der Waals surface area contributed by atoms with Crippen molar-refractivity contribution in [3.63, 3.8) is 0 Å². The van der Waals surface area contributed by atoms with Crippen molar-refractivity contribution in [3.05, 3.63) is 35.4 Å². The van der Waals surface area contributed by atoms with Gasteiger partial charge in [-0.2, -0.15) is 0 Å². The van der Waals surface area contributed by atoms with E-state index in [4.69, 9.17) is 0 Å². The number of hydrogen-bond acceptors (Lipinski definition) is 3. The van der Waals surface area contributed by atoms with Crippen LogP contribution in [0.15, 0.2) is 24.3 Å². The molecule has 1 aliphatic heterocycles. The predicted molar refractivity (Wildman–Crippen MR) is 110 cm³/mol. The number of urea groups is 1. The zero-order chi connectivity index (χ0) is 20.8. The lowest BCUT2D eigenvalue weighted by Gasteiger charge is -2.26. The van der Waals surface area contributed by atoms with Crippen molar-refractivity contribution < 1.29 is 14.4 Å². The Balaban J connectivity index is 1.37. The second-order valence-corrected chi connectivity index (χ2v) is 9.37. The smallest absolute Gasteiger partial charge is 0.325 e. The van der Waals surface area contributed by atoms with Crippen molar-refractivity contribution in [1.82, 2.24) is 15.5 Å². The van der Waals surface area contributed by atoms with Gasteiger partial charge in [-0.1, -0.05) is 38.1 Å². The Bertz CT molecular complexity index is 797. The molecular weight excluding hydrogens is 366 g/mol. The molecule has 0 radical (unpaired) electrons. The Hall–Kier alpha value is -2.37. The number of nitrogens with zero attached hydrogens (tertiary/aromatic N) is 1. The molecule has 2 N–H and O–H groups in total. The maximum atomic E-state index is 13.1. The average molecular weight is 398 g/mol. The van der Waals surface area contributed by atoms with Crippen molar-refractivity contribution >= 4 is 17.8 Å². The van der Waals surface area contributed by atoms with Gasteiger partial charge >= 0.3 is 6.03 Å². The molecule has 1 aromatic carbocycles. The molecule has 1 unspecified atom stereocenters. The highest BCUT2D eigenvalue weighted by molar-refractivity contribution is 6.09. The lowest BCUT2D eigenvalue weighted by Crippen LogP contribution is -2.51. The first-order valence-electron chi connectivity index (χ1n) is 10.8. The van der Waals surface area contributed by atoms with Crippen LogP contribution in [-0.2, 0) is 16.0 Å². The van der Waals surface area contributed by atoms with E-state index < -0.39 is 11.6 Å². The number of imide groups is 1. The van der Waals surface area contributed by atoms with Crippen LogP contribution in [0, 0.1) is 17.8 Å². The van der Waals surface area contributed by atoms with Crippen LogP contribution in [0.4, 0.5) is 4.79 Å². The Morgan fingerprint density at radius 1 is 1.10 bits per heavy atom. The van der Waals surface area contributed by atoms with E-state index in [2.05, 4.69) is 36.6 Å². The molecule has 1 heterocycles. The van der Waals surface area contributed by atoms with E-state index in [1.165, 1.54) is 5.56 Å². The number of hydrogen-bond donors (Lipinski definition) is 2. The van der Waals surface area contributed by atoms with Gasteiger partial charge < -0.3 is 10.6 Å². The standard InChI is InChI=1S/C23H31N3O3/c1-14(2)12-16-4-6-17(7-5-16)15(3)24-20(27)13-26-21(28)23(18-8-9-18,19-10-11-19)25-22(26)29/h4-7,14-15,18-19H,8-13H2,1-3H3,(H,24,27)(H,25,29). The van der Waals surface area contributed by atoms with Gasteiger partial charge in [0.2, 0.25) is 5.91 Å². The number of rotatable bonds is 8. The zero-order valence-electron chi connectivity index (χ0n) is 17.5. The van der Waals surface area contributed by atoms with E-state index in [0.717, 1.165) is 42.6 Å². The van der Waals surface area contributed by atoms with Crippen molar-refractivity contribution in [1.29, 1.82) is 0 Å². The average Bonchev–Trinajstić information content (AvgIpc) is 3.56. The lowest BCUT2D eigenvalue weighted by atomic mass is 9.87. The van der Waals surface area contributed by atoms with Gasteiger partial charge in [-0.3, -0.25) is 14.5 Å². The van der Waals surface area contributed by atoms with Crippen LogP contribution < -0.4 is 10.6 Å². The first kappa shape index (κ1) is 19.9. The number of nitrogens with one attached hydrogen (secondary N) is 2. The molecule has 6 nitrogen and oxygen atoms in total. The molecule has 3 aliphatic rings. The highest BCUT2D eigenvalue weighted by Crippen LogP contribution is 2.54. The fourth-order valence-corrected chi connectivity index (χ4v) is 4.65. The Kier molecular flexibility index (Phi) is 5.13. The minimum absolute atomic E-state index is 0.187. The number of carbonyl (C=O) groups is 3. The molecule has 4 rings (SSSR count). The van der Waals surface area contributed by atoms with Crippen LogP contribution in [0.1, 0.15) is 63.6 Å². The van der Waals surface area contributed by atoms with E-state index in [-0.39, 0.29) is 36.2 Å². The van der Waals surface area contributed by atoms with E-state index in [1.807, 2.05) is 19.1 Å². The van der Waals surface area contributed by atoms with Gasteiger partial charge in [-0.25, -0.2) is 4.79 Å². The van der Waals surface area contributed by atoms with E-state index >= 15 is 0 Å². The first-order chi connectivity index (χ1) is 13.8. The highest BCUT2D eigenvalue weighted by atomic mass is 16.2. The van der Waals surface area contributed by atoms with Gasteiger partial charge in [0.05, 0.1) is 6.04 Å². The molecule has 29 heavy (non-hydrogen) atoms. The summed E-state index contributed by atoms with van der Waals surface area (Å²) in [5.41, 5.74) is 1.54. The minimum atomic E-state index is -0.741. The molecule has 2 aliphatic carbocycles. The van der Waals surface area contributed by atoms with E-state index in [9.17, 15) is 14.4 Å². The third-order valence-corrected chi connectivity index (χ3v) is 6.40. The van der Waals surface area contributed by atoms with Crippen LogP contribution in [0.5, 0.6) is 0 Å². The minimum Gasteiger partial charge on any atom is -0.348 e. The Morgan fingerprint density at radius 3 is 2.21 bits per heavy atom. The fraction of sp³-hybridized carbons (Fsp3) is 0.609. The van der Waals surface area contributed by atoms with Crippen LogP contribution in [-0.4, -0.2) is 34.8 Å². The summed E-state index contributed by atoms with van der Waals surface area (Å²) in [7, 11) is 0. The summed E-state index contributed by atoms with van der Waals surface area (Å²) >= 11 is 0. The second kappa shape index (κ2) is 7.47. The van der Waals surface area contributed by atoms with Crippen LogP contribution in [0.2, 0.25) is 0 Å². The molecule has 1 saturated heterocycles. The summed E-state index contributed by atoms with van der Waals surface area (Å²) in [5.74, 6) is 0.564. The number of amides is 4. The quantitative estimate of drug-likeness (QED) is 0.662. The molecule has 4 amide bonds. The maximum absolute atomic E-state index is 13.1. The van der Waals surface area contributed by atoms with Gasteiger partial charge in [0.15, 0.2) is 0 Å². The normalized spacial score (nSPS) is 22.0. The van der Waals surface area contributed by atoms with Gasteiger partial charge in [-0.05, 0) is 67.9 Å². The zero-order valence-corrected chi connectivity index (χ0v) is 17.5. The van der Waals surface area contributed by atoms with Gasteiger partial charge in [0, 0.05) is 0 Å². The molecule has 156 valence electrons. The van der Waals surface area contributed by atoms with Gasteiger partial charge in [0.1, 0.15) is 12.1 Å². The molecule has 0 aromatic heterocycles. The van der Waals surface area contributed by atoms with Crippen molar-refractivity contribution in [2.45, 2.75) is 64.5 Å². The van der Waals surface area contributed by atoms with Crippen molar-refractivity contribution in [2.24, 2.45) is 17.8 Å². The Labute approximate surface area is 172 Å². The third kappa shape index (κ3) is 3.89. The number of benzene rings is 1. The molecule has 1 atom stereocenters. The van der Waals surface area contributed by atoms with Crippen molar-refractivity contribution in [2.75, 3.05) is 6.54 Å². The molecule has 3 fully saturated rings. The SMILES string of the molecule is CC(C)Cc1ccc(C(C)NC(=O)CN2C(=O)NC(C3CC3)(C3CC3)C2=O)cc1. The molecule has 0 spiro atoms. The predicted octanol–water partition coefficient (Wildman–Crippen LogP) is 3.17. The summed E-state index contributed by atoms with van der Waals surface area (Å²) in [6.07, 6.45) is 4.94. The van der Waals surface area contributed by atoms with Crippen LogP contribution >= 0.6 is 0 Å². The molecule has 6 heteroatoms. The lowest BCUT2D eigenvalue weighted by molar-refractivity contribution is -0.136. The summed E-state index contributed by atoms with van der Waals surface area (Å²) in [6.45, 7) is 6.07. The number of carbonyl (C=O) groups excluding carboxylic acids is 3. The summed E-state index contributed by atoms with van der Waals surface area (Å²) < 4.78 is 0. The highest BCUT2D eigenvalue weighted by Gasteiger charge is 2.65. The van der Waals surface area contributed by atoms with Gasteiger partial charge in [-0.15, -0.1) is 0 Å². The molecule has 1 aromatic rings. The van der Waals surface area contributed by atoms with E-state index in [1.54, 1.807) is 0 Å². The van der Waals surface area contributed by atoms with Crippen molar-refractivity contribution in [3.8, 4) is 0 Å². The summed E-state index contributed by atoms with van der Waals surface area (Å²) in [5, 5.41) is 5.89.